The molecule has 1 aromatic heterocycles. The van der Waals surface area contributed by atoms with E-state index in [9.17, 15) is 13.2 Å². The van der Waals surface area contributed by atoms with Gasteiger partial charge >= 0.3 is 5.97 Å². The van der Waals surface area contributed by atoms with Crippen LogP contribution >= 0.6 is 31.9 Å². The molecule has 0 aliphatic carbocycles. The summed E-state index contributed by atoms with van der Waals surface area (Å²) >= 11 is 6.53. The molecule has 0 aliphatic rings. The second-order valence-electron chi connectivity index (χ2n) is 5.64. The van der Waals surface area contributed by atoms with Gasteiger partial charge in [-0.2, -0.15) is 0 Å². The first-order valence-electron chi connectivity index (χ1n) is 7.91. The molecule has 142 valence electrons. The molecule has 0 spiro atoms. The molecule has 9 heteroatoms. The maximum absolute atomic E-state index is 12.8. The van der Waals surface area contributed by atoms with Crippen LogP contribution in [0.4, 0.5) is 5.69 Å². The highest BCUT2D eigenvalue weighted by Crippen LogP contribution is 2.31. The van der Waals surface area contributed by atoms with Crippen molar-refractivity contribution in [2.75, 3.05) is 11.3 Å². The van der Waals surface area contributed by atoms with Gasteiger partial charge in [-0.25, -0.2) is 13.2 Å². The standard InChI is InChI=1S/C18H15Br2NO5S/c1-3-25-18(22)17-10(2)26-15-7-5-12(9-13(15)17)21-27(23,24)16-8-11(19)4-6-14(16)20/h4-9,21H,3H2,1-2H3. The normalized spacial score (nSPS) is 11.6. The monoisotopic (exact) mass is 515 g/mol. The Morgan fingerprint density at radius 3 is 2.63 bits per heavy atom. The summed E-state index contributed by atoms with van der Waals surface area (Å²) in [4.78, 5) is 12.3. The fraction of sp³-hybridized carbons (Fsp3) is 0.167. The Kier molecular flexibility index (Phi) is 5.64. The minimum absolute atomic E-state index is 0.0889. The third-order valence-electron chi connectivity index (χ3n) is 3.78. The zero-order chi connectivity index (χ0) is 19.8. The summed E-state index contributed by atoms with van der Waals surface area (Å²) in [6.07, 6.45) is 0. The van der Waals surface area contributed by atoms with Crippen LogP contribution in [-0.4, -0.2) is 21.0 Å². The first-order valence-corrected chi connectivity index (χ1v) is 11.0. The Labute approximate surface area is 173 Å². The van der Waals surface area contributed by atoms with Gasteiger partial charge in [-0.1, -0.05) is 15.9 Å². The highest BCUT2D eigenvalue weighted by atomic mass is 79.9. The van der Waals surface area contributed by atoms with Crippen LogP contribution in [0.3, 0.4) is 0 Å². The van der Waals surface area contributed by atoms with E-state index in [4.69, 9.17) is 9.15 Å². The largest absolute Gasteiger partial charge is 0.462 e. The molecule has 0 bridgehead atoms. The van der Waals surface area contributed by atoms with Crippen LogP contribution in [0, 0.1) is 6.92 Å². The number of esters is 1. The highest BCUT2D eigenvalue weighted by molar-refractivity contribution is 9.11. The smallest absolute Gasteiger partial charge is 0.342 e. The molecular weight excluding hydrogens is 502 g/mol. The predicted octanol–water partition coefficient (Wildman–Crippen LogP) is 5.24. The van der Waals surface area contributed by atoms with Crippen molar-refractivity contribution in [3.8, 4) is 0 Å². The number of ether oxygens (including phenoxy) is 1. The van der Waals surface area contributed by atoms with Crippen molar-refractivity contribution in [3.05, 3.63) is 56.7 Å². The molecule has 1 N–H and O–H groups in total. The lowest BCUT2D eigenvalue weighted by atomic mass is 10.1. The average Bonchev–Trinajstić information content (AvgIpc) is 2.92. The van der Waals surface area contributed by atoms with Crippen molar-refractivity contribution >= 4 is 64.5 Å². The Bertz CT molecular complexity index is 1140. The topological polar surface area (TPSA) is 85.6 Å². The Morgan fingerprint density at radius 1 is 1.19 bits per heavy atom. The molecule has 0 unspecified atom stereocenters. The first-order chi connectivity index (χ1) is 12.7. The van der Waals surface area contributed by atoms with Crippen LogP contribution < -0.4 is 4.72 Å². The fourth-order valence-corrected chi connectivity index (χ4v) is 5.19. The molecule has 0 amide bonds. The number of sulfonamides is 1. The van der Waals surface area contributed by atoms with Gasteiger partial charge < -0.3 is 9.15 Å². The van der Waals surface area contributed by atoms with E-state index in [1.165, 1.54) is 6.07 Å². The van der Waals surface area contributed by atoms with Crippen LogP contribution in [-0.2, 0) is 14.8 Å². The molecule has 0 atom stereocenters. The zero-order valence-corrected chi connectivity index (χ0v) is 18.4. The maximum atomic E-state index is 12.8. The van der Waals surface area contributed by atoms with Gasteiger partial charge in [0.05, 0.1) is 6.61 Å². The zero-order valence-electron chi connectivity index (χ0n) is 14.4. The number of hydrogen-bond acceptors (Lipinski definition) is 5. The quantitative estimate of drug-likeness (QED) is 0.468. The van der Waals surface area contributed by atoms with Gasteiger partial charge in [-0.15, -0.1) is 0 Å². The third kappa shape index (κ3) is 4.04. The summed E-state index contributed by atoms with van der Waals surface area (Å²) in [5.41, 5.74) is 1.07. The summed E-state index contributed by atoms with van der Waals surface area (Å²) in [6.45, 7) is 3.60. The van der Waals surface area contributed by atoms with E-state index in [0.717, 1.165) is 0 Å². The number of halogens is 2. The molecule has 0 saturated carbocycles. The van der Waals surface area contributed by atoms with E-state index in [-0.39, 0.29) is 17.1 Å². The molecule has 27 heavy (non-hydrogen) atoms. The molecule has 0 radical (unpaired) electrons. The van der Waals surface area contributed by atoms with Crippen LogP contribution in [0.15, 0.2) is 54.7 Å². The van der Waals surface area contributed by atoms with E-state index in [1.54, 1.807) is 44.2 Å². The van der Waals surface area contributed by atoms with Crippen molar-refractivity contribution in [2.24, 2.45) is 0 Å². The van der Waals surface area contributed by atoms with Gasteiger partial charge in [0.1, 0.15) is 21.8 Å². The van der Waals surface area contributed by atoms with Gasteiger partial charge in [0.25, 0.3) is 10.0 Å². The third-order valence-corrected chi connectivity index (χ3v) is 6.65. The number of fused-ring (bicyclic) bond motifs is 1. The Hall–Kier alpha value is -1.84. The number of furan rings is 1. The van der Waals surface area contributed by atoms with Gasteiger partial charge in [-0.05, 0) is 66.2 Å². The van der Waals surface area contributed by atoms with Crippen molar-refractivity contribution in [1.29, 1.82) is 0 Å². The lowest BCUT2D eigenvalue weighted by Crippen LogP contribution is -2.13. The average molecular weight is 517 g/mol. The number of hydrogen-bond donors (Lipinski definition) is 1. The minimum atomic E-state index is -3.85. The number of rotatable bonds is 5. The number of carbonyl (C=O) groups excluding carboxylic acids is 1. The minimum Gasteiger partial charge on any atom is -0.462 e. The molecular formula is C18H15Br2NO5S. The highest BCUT2D eigenvalue weighted by Gasteiger charge is 2.22. The molecule has 3 aromatic rings. The van der Waals surface area contributed by atoms with Gasteiger partial charge in [0, 0.05) is 20.0 Å². The van der Waals surface area contributed by atoms with E-state index in [1.807, 2.05) is 0 Å². The second kappa shape index (κ2) is 7.65. The van der Waals surface area contributed by atoms with Crippen LogP contribution in [0.5, 0.6) is 0 Å². The summed E-state index contributed by atoms with van der Waals surface area (Å²) in [7, 11) is -3.85. The van der Waals surface area contributed by atoms with E-state index < -0.39 is 16.0 Å². The molecule has 3 rings (SSSR count). The molecule has 0 saturated heterocycles. The van der Waals surface area contributed by atoms with Gasteiger partial charge in [0.2, 0.25) is 0 Å². The summed E-state index contributed by atoms with van der Waals surface area (Å²) in [5.74, 6) is -0.0957. The summed E-state index contributed by atoms with van der Waals surface area (Å²) in [6, 6.07) is 9.61. The lowest BCUT2D eigenvalue weighted by Gasteiger charge is -2.10. The van der Waals surface area contributed by atoms with Crippen molar-refractivity contribution in [2.45, 2.75) is 18.7 Å². The number of aryl methyl sites for hydroxylation is 1. The molecule has 2 aromatic carbocycles. The number of carbonyl (C=O) groups is 1. The first kappa shape index (κ1) is 19.9. The predicted molar refractivity (Wildman–Crippen MR) is 110 cm³/mol. The molecule has 1 heterocycles. The van der Waals surface area contributed by atoms with Crippen molar-refractivity contribution in [3.63, 3.8) is 0 Å². The molecule has 0 aliphatic heterocycles. The van der Waals surface area contributed by atoms with Gasteiger partial charge in [0.15, 0.2) is 0 Å². The van der Waals surface area contributed by atoms with Gasteiger partial charge in [-0.3, -0.25) is 4.72 Å². The molecule has 0 fully saturated rings. The second-order valence-corrected chi connectivity index (χ2v) is 9.07. The SMILES string of the molecule is CCOC(=O)c1c(C)oc2ccc(NS(=O)(=O)c3cc(Br)ccc3Br)cc12. The number of benzene rings is 2. The van der Waals surface area contributed by atoms with Crippen molar-refractivity contribution < 1.29 is 22.4 Å². The number of anilines is 1. The lowest BCUT2D eigenvalue weighted by molar-refractivity contribution is 0.0526. The van der Waals surface area contributed by atoms with Crippen molar-refractivity contribution in [1.82, 2.24) is 0 Å². The van der Waals surface area contributed by atoms with E-state index >= 15 is 0 Å². The maximum Gasteiger partial charge on any atom is 0.342 e. The van der Waals surface area contributed by atoms with E-state index in [0.29, 0.717) is 31.4 Å². The summed E-state index contributed by atoms with van der Waals surface area (Å²) in [5, 5.41) is 0.486. The van der Waals surface area contributed by atoms with E-state index in [2.05, 4.69) is 36.6 Å². The number of nitrogens with one attached hydrogen (secondary N) is 1. The molecule has 6 nitrogen and oxygen atoms in total. The Balaban J connectivity index is 2.04. The van der Waals surface area contributed by atoms with Crippen LogP contribution in [0.2, 0.25) is 0 Å². The van der Waals surface area contributed by atoms with Crippen LogP contribution in [0.25, 0.3) is 11.0 Å². The summed E-state index contributed by atoms with van der Waals surface area (Å²) < 4.78 is 39.8. The fourth-order valence-electron chi connectivity index (χ4n) is 2.63. The van der Waals surface area contributed by atoms with Crippen LogP contribution in [0.1, 0.15) is 23.0 Å². The Morgan fingerprint density at radius 2 is 1.93 bits per heavy atom.